The third-order valence-electron chi connectivity index (χ3n) is 2.64. The van der Waals surface area contributed by atoms with E-state index in [-0.39, 0.29) is 10.5 Å². The minimum absolute atomic E-state index is 0.117. The molecule has 2 nitrogen and oxygen atoms in total. The van der Waals surface area contributed by atoms with Gasteiger partial charge in [0.25, 0.3) is 5.91 Å². The molecule has 0 saturated carbocycles. The number of carbonyl (C=O) groups excluding carboxylic acids is 1. The Morgan fingerprint density at radius 2 is 1.84 bits per heavy atom. The first kappa shape index (κ1) is 16.6. The highest BCUT2D eigenvalue weighted by atomic mass is 79.9. The highest BCUT2D eigenvalue weighted by Crippen LogP contribution is 2.21. The fourth-order valence-corrected chi connectivity index (χ4v) is 2.37. The number of nitrogens with zero attached hydrogens (tertiary/aromatic N) is 1. The third kappa shape index (κ3) is 4.24. The first-order chi connectivity index (χ1) is 8.88. The summed E-state index contributed by atoms with van der Waals surface area (Å²) in [6.45, 7) is 4.10. The van der Waals surface area contributed by atoms with Crippen LogP contribution in [0.4, 0.5) is 8.78 Å². The number of hydrogen-bond donors (Lipinski definition) is 0. The van der Waals surface area contributed by atoms with E-state index in [9.17, 15) is 13.6 Å². The molecule has 0 heterocycles. The van der Waals surface area contributed by atoms with Gasteiger partial charge >= 0.3 is 0 Å². The van der Waals surface area contributed by atoms with Crippen molar-refractivity contribution in [1.29, 1.82) is 0 Å². The SMILES string of the molecule is CC(C)N(CCCBr)C(=O)c1c(F)cc(Br)cc1F. The zero-order chi connectivity index (χ0) is 14.6. The quantitative estimate of drug-likeness (QED) is 0.674. The van der Waals surface area contributed by atoms with Crippen LogP contribution in [0.1, 0.15) is 30.6 Å². The van der Waals surface area contributed by atoms with Crippen LogP contribution in [-0.4, -0.2) is 28.7 Å². The molecule has 0 N–H and O–H groups in total. The van der Waals surface area contributed by atoms with Crippen LogP contribution >= 0.6 is 31.9 Å². The zero-order valence-corrected chi connectivity index (χ0v) is 13.9. The normalized spacial score (nSPS) is 10.9. The predicted molar refractivity (Wildman–Crippen MR) is 78.6 cm³/mol. The standard InChI is InChI=1S/C13H15Br2F2NO/c1-8(2)18(5-3-4-14)13(19)12-10(16)6-9(15)7-11(12)17/h6-8H,3-5H2,1-2H3. The van der Waals surface area contributed by atoms with Gasteiger partial charge in [-0.15, -0.1) is 0 Å². The molecule has 0 bridgehead atoms. The second kappa shape index (κ2) is 7.33. The lowest BCUT2D eigenvalue weighted by molar-refractivity contribution is 0.0696. The minimum atomic E-state index is -0.846. The van der Waals surface area contributed by atoms with Crippen LogP contribution in [0.25, 0.3) is 0 Å². The average Bonchev–Trinajstić information content (AvgIpc) is 2.27. The predicted octanol–water partition coefficient (Wildman–Crippen LogP) is 4.36. The van der Waals surface area contributed by atoms with E-state index in [0.717, 1.165) is 23.9 Å². The summed E-state index contributed by atoms with van der Waals surface area (Å²) in [4.78, 5) is 13.7. The van der Waals surface area contributed by atoms with Gasteiger partial charge in [0.15, 0.2) is 0 Å². The molecule has 1 aromatic carbocycles. The van der Waals surface area contributed by atoms with E-state index in [4.69, 9.17) is 0 Å². The molecule has 0 aliphatic carbocycles. The number of hydrogen-bond acceptors (Lipinski definition) is 1. The summed E-state index contributed by atoms with van der Waals surface area (Å²) >= 11 is 6.27. The molecule has 1 aromatic rings. The maximum absolute atomic E-state index is 13.8. The van der Waals surface area contributed by atoms with Crippen molar-refractivity contribution in [2.75, 3.05) is 11.9 Å². The number of amides is 1. The summed E-state index contributed by atoms with van der Waals surface area (Å²) in [5.41, 5.74) is -0.494. The largest absolute Gasteiger partial charge is 0.336 e. The first-order valence-electron chi connectivity index (χ1n) is 5.90. The summed E-state index contributed by atoms with van der Waals surface area (Å²) in [6, 6.07) is 2.08. The Hall–Kier alpha value is -0.490. The number of rotatable bonds is 5. The van der Waals surface area contributed by atoms with Crippen molar-refractivity contribution in [2.45, 2.75) is 26.3 Å². The molecule has 1 rings (SSSR count). The number of benzene rings is 1. The average molecular weight is 399 g/mol. The molecule has 0 radical (unpaired) electrons. The van der Waals surface area contributed by atoms with Gasteiger partial charge < -0.3 is 4.90 Å². The number of halogens is 4. The summed E-state index contributed by atoms with van der Waals surface area (Å²) in [5.74, 6) is -2.30. The zero-order valence-electron chi connectivity index (χ0n) is 10.7. The Labute approximate surface area is 128 Å². The second-order valence-corrected chi connectivity index (χ2v) is 6.09. The maximum Gasteiger partial charge on any atom is 0.260 e. The van der Waals surface area contributed by atoms with Crippen LogP contribution in [0.15, 0.2) is 16.6 Å². The lowest BCUT2D eigenvalue weighted by Gasteiger charge is -2.27. The highest BCUT2D eigenvalue weighted by Gasteiger charge is 2.25. The highest BCUT2D eigenvalue weighted by molar-refractivity contribution is 9.10. The Kier molecular flexibility index (Phi) is 6.39. The number of carbonyl (C=O) groups is 1. The fourth-order valence-electron chi connectivity index (χ4n) is 1.71. The van der Waals surface area contributed by atoms with Crippen LogP contribution in [-0.2, 0) is 0 Å². The molecular formula is C13H15Br2F2NO. The van der Waals surface area contributed by atoms with E-state index in [1.807, 2.05) is 13.8 Å². The van der Waals surface area contributed by atoms with E-state index in [0.29, 0.717) is 6.54 Å². The summed E-state index contributed by atoms with van der Waals surface area (Å²) < 4.78 is 27.8. The van der Waals surface area contributed by atoms with Crippen LogP contribution in [0.3, 0.4) is 0 Å². The van der Waals surface area contributed by atoms with Gasteiger partial charge in [-0.25, -0.2) is 8.78 Å². The first-order valence-corrected chi connectivity index (χ1v) is 7.81. The molecule has 1 amide bonds. The van der Waals surface area contributed by atoms with Crippen molar-refractivity contribution in [2.24, 2.45) is 0 Å². The molecule has 19 heavy (non-hydrogen) atoms. The van der Waals surface area contributed by atoms with Crippen molar-refractivity contribution in [3.63, 3.8) is 0 Å². The van der Waals surface area contributed by atoms with E-state index >= 15 is 0 Å². The van der Waals surface area contributed by atoms with Gasteiger partial charge in [-0.2, -0.15) is 0 Å². The van der Waals surface area contributed by atoms with Crippen molar-refractivity contribution >= 4 is 37.8 Å². The van der Waals surface area contributed by atoms with Gasteiger partial charge in [0, 0.05) is 22.4 Å². The minimum Gasteiger partial charge on any atom is -0.336 e. The lowest BCUT2D eigenvalue weighted by Crippen LogP contribution is -2.38. The van der Waals surface area contributed by atoms with Crippen molar-refractivity contribution in [1.82, 2.24) is 4.90 Å². The van der Waals surface area contributed by atoms with E-state index in [2.05, 4.69) is 31.9 Å². The van der Waals surface area contributed by atoms with Gasteiger partial charge in [0.2, 0.25) is 0 Å². The Morgan fingerprint density at radius 3 is 2.26 bits per heavy atom. The number of alkyl halides is 1. The molecule has 0 atom stereocenters. The van der Waals surface area contributed by atoms with Crippen molar-refractivity contribution in [3.05, 3.63) is 33.8 Å². The van der Waals surface area contributed by atoms with Crippen LogP contribution in [0, 0.1) is 11.6 Å². The Balaban J connectivity index is 3.09. The fraction of sp³-hybridized carbons (Fsp3) is 0.462. The molecule has 0 saturated heterocycles. The molecule has 0 fully saturated rings. The smallest absolute Gasteiger partial charge is 0.260 e. The Bertz CT molecular complexity index is 443. The molecule has 6 heteroatoms. The second-order valence-electron chi connectivity index (χ2n) is 4.38. The Morgan fingerprint density at radius 1 is 1.32 bits per heavy atom. The molecule has 0 aliphatic heterocycles. The van der Waals surface area contributed by atoms with Crippen molar-refractivity contribution < 1.29 is 13.6 Å². The topological polar surface area (TPSA) is 20.3 Å². The maximum atomic E-state index is 13.8. The molecular weight excluding hydrogens is 384 g/mol. The van der Waals surface area contributed by atoms with Crippen molar-refractivity contribution in [3.8, 4) is 0 Å². The van der Waals surface area contributed by atoms with Gasteiger partial charge in [0.05, 0.1) is 0 Å². The van der Waals surface area contributed by atoms with Gasteiger partial charge in [-0.1, -0.05) is 31.9 Å². The van der Waals surface area contributed by atoms with Crippen LogP contribution in [0.2, 0.25) is 0 Å². The molecule has 106 valence electrons. The lowest BCUT2D eigenvalue weighted by atomic mass is 10.1. The molecule has 0 unspecified atom stereocenters. The monoisotopic (exact) mass is 397 g/mol. The summed E-state index contributed by atoms with van der Waals surface area (Å²) in [7, 11) is 0. The van der Waals surface area contributed by atoms with Gasteiger partial charge in [0.1, 0.15) is 17.2 Å². The summed E-state index contributed by atoms with van der Waals surface area (Å²) in [6.07, 6.45) is 0.726. The molecule has 0 aromatic heterocycles. The third-order valence-corrected chi connectivity index (χ3v) is 3.66. The van der Waals surface area contributed by atoms with Gasteiger partial charge in [-0.05, 0) is 32.4 Å². The summed E-state index contributed by atoms with van der Waals surface area (Å²) in [5, 5.41) is 0.731. The van der Waals surface area contributed by atoms with E-state index < -0.39 is 23.1 Å². The van der Waals surface area contributed by atoms with E-state index in [1.54, 1.807) is 0 Å². The van der Waals surface area contributed by atoms with Crippen LogP contribution < -0.4 is 0 Å². The van der Waals surface area contributed by atoms with E-state index in [1.165, 1.54) is 4.90 Å². The molecule has 0 aliphatic rings. The van der Waals surface area contributed by atoms with Crippen LogP contribution in [0.5, 0.6) is 0 Å². The van der Waals surface area contributed by atoms with Gasteiger partial charge in [-0.3, -0.25) is 4.79 Å². The molecule has 0 spiro atoms.